The van der Waals surface area contributed by atoms with E-state index >= 15 is 0 Å². The fourth-order valence-corrected chi connectivity index (χ4v) is 1.21. The zero-order valence-electron chi connectivity index (χ0n) is 8.57. The third-order valence-electron chi connectivity index (χ3n) is 1.97. The van der Waals surface area contributed by atoms with E-state index in [1.807, 2.05) is 37.3 Å². The molecule has 0 heterocycles. The van der Waals surface area contributed by atoms with Crippen LogP contribution >= 0.6 is 0 Å². The first-order valence-corrected chi connectivity index (χ1v) is 4.44. The molecule has 0 aliphatic rings. The topological polar surface area (TPSA) is 24.7 Å². The average Bonchev–Trinajstić information content (AvgIpc) is 2.26. The van der Waals surface area contributed by atoms with Crippen molar-refractivity contribution < 1.29 is 0 Å². The van der Waals surface area contributed by atoms with E-state index in [1.165, 1.54) is 0 Å². The van der Waals surface area contributed by atoms with Gasteiger partial charge in [-0.05, 0) is 19.2 Å². The van der Waals surface area contributed by atoms with Crippen molar-refractivity contribution in [1.82, 2.24) is 0 Å². The lowest BCUT2D eigenvalue weighted by atomic mass is 10.1. The number of hydrogen-bond acceptors (Lipinski definition) is 2. The highest BCUT2D eigenvalue weighted by atomic mass is 14.7. The van der Waals surface area contributed by atoms with Crippen molar-refractivity contribution >= 4 is 18.5 Å². The van der Waals surface area contributed by atoms with Crippen LogP contribution in [-0.2, 0) is 0 Å². The van der Waals surface area contributed by atoms with Crippen molar-refractivity contribution in [3.63, 3.8) is 0 Å². The Hall–Kier alpha value is -1.70. The molecule has 1 aromatic carbocycles. The monoisotopic (exact) mass is 186 g/mol. The Bertz CT molecular complexity index is 361. The lowest BCUT2D eigenvalue weighted by Crippen LogP contribution is -1.89. The fraction of sp³-hybridized carbons (Fsp3) is 0.167. The second-order valence-electron chi connectivity index (χ2n) is 2.91. The maximum atomic E-state index is 4.01. The summed E-state index contributed by atoms with van der Waals surface area (Å²) in [6, 6.07) is 10.0. The SMILES string of the molecule is C=N/C(C)=C(\C=NC)c1ccccc1. The summed E-state index contributed by atoms with van der Waals surface area (Å²) in [6.07, 6.45) is 1.80. The summed E-state index contributed by atoms with van der Waals surface area (Å²) in [4.78, 5) is 7.93. The van der Waals surface area contributed by atoms with Crippen LogP contribution in [0.5, 0.6) is 0 Å². The Balaban J connectivity index is 3.20. The third-order valence-corrected chi connectivity index (χ3v) is 1.97. The van der Waals surface area contributed by atoms with Crippen molar-refractivity contribution in [3.05, 3.63) is 41.6 Å². The van der Waals surface area contributed by atoms with Crippen molar-refractivity contribution in [2.24, 2.45) is 9.98 Å². The number of aliphatic imine (C=N–C) groups is 2. The molecular formula is C12H14N2. The minimum Gasteiger partial charge on any atom is -0.296 e. The van der Waals surface area contributed by atoms with Crippen LogP contribution in [0.15, 0.2) is 46.0 Å². The van der Waals surface area contributed by atoms with Crippen LogP contribution in [-0.4, -0.2) is 20.0 Å². The summed E-state index contributed by atoms with van der Waals surface area (Å²) in [7, 11) is 1.75. The van der Waals surface area contributed by atoms with E-state index in [2.05, 4.69) is 16.7 Å². The molecule has 0 aliphatic carbocycles. The van der Waals surface area contributed by atoms with E-state index in [4.69, 9.17) is 0 Å². The van der Waals surface area contributed by atoms with Gasteiger partial charge in [0.05, 0.1) is 0 Å². The largest absolute Gasteiger partial charge is 0.296 e. The van der Waals surface area contributed by atoms with Crippen LogP contribution in [0.3, 0.4) is 0 Å². The standard InChI is InChI=1S/C12H14N2/c1-10(14-3)12(9-13-2)11-7-5-4-6-8-11/h4-9H,3H2,1-2H3/b12-10+,13-9?. The second-order valence-corrected chi connectivity index (χ2v) is 2.91. The normalized spacial score (nSPS) is 12.7. The van der Waals surface area contributed by atoms with Crippen molar-refractivity contribution in [3.8, 4) is 0 Å². The van der Waals surface area contributed by atoms with E-state index in [9.17, 15) is 0 Å². The smallest absolute Gasteiger partial charge is 0.0459 e. The van der Waals surface area contributed by atoms with Gasteiger partial charge in [0, 0.05) is 24.5 Å². The molecule has 1 rings (SSSR count). The zero-order chi connectivity index (χ0) is 10.4. The summed E-state index contributed by atoms with van der Waals surface area (Å²) >= 11 is 0. The molecule has 0 aliphatic heterocycles. The number of nitrogens with zero attached hydrogens (tertiary/aromatic N) is 2. The fourth-order valence-electron chi connectivity index (χ4n) is 1.21. The van der Waals surface area contributed by atoms with Gasteiger partial charge < -0.3 is 0 Å². The predicted octanol–water partition coefficient (Wildman–Crippen LogP) is 2.82. The zero-order valence-corrected chi connectivity index (χ0v) is 8.57. The first-order chi connectivity index (χ1) is 6.79. The van der Waals surface area contributed by atoms with E-state index in [-0.39, 0.29) is 0 Å². The maximum Gasteiger partial charge on any atom is 0.0459 e. The van der Waals surface area contributed by atoms with Crippen LogP contribution in [0.4, 0.5) is 0 Å². The van der Waals surface area contributed by atoms with Gasteiger partial charge in [0.25, 0.3) is 0 Å². The Morgan fingerprint density at radius 1 is 1.29 bits per heavy atom. The van der Waals surface area contributed by atoms with Crippen molar-refractivity contribution in [1.29, 1.82) is 0 Å². The first-order valence-electron chi connectivity index (χ1n) is 4.44. The molecule has 0 amide bonds. The molecule has 0 unspecified atom stereocenters. The molecule has 0 fully saturated rings. The highest BCUT2D eigenvalue weighted by molar-refractivity contribution is 6.10. The van der Waals surface area contributed by atoms with E-state index in [0.29, 0.717) is 0 Å². The molecular weight excluding hydrogens is 172 g/mol. The molecule has 0 radical (unpaired) electrons. The summed E-state index contributed by atoms with van der Waals surface area (Å²) < 4.78 is 0. The Kier molecular flexibility index (Phi) is 3.80. The van der Waals surface area contributed by atoms with Crippen molar-refractivity contribution in [2.75, 3.05) is 7.05 Å². The van der Waals surface area contributed by atoms with Gasteiger partial charge in [-0.2, -0.15) is 0 Å². The van der Waals surface area contributed by atoms with Gasteiger partial charge in [-0.3, -0.25) is 9.98 Å². The molecule has 0 saturated carbocycles. The van der Waals surface area contributed by atoms with Gasteiger partial charge in [0.2, 0.25) is 0 Å². The molecule has 1 aromatic rings. The van der Waals surface area contributed by atoms with Gasteiger partial charge in [-0.25, -0.2) is 0 Å². The predicted molar refractivity (Wildman–Crippen MR) is 63.0 cm³/mol. The van der Waals surface area contributed by atoms with E-state index in [1.54, 1.807) is 13.3 Å². The highest BCUT2D eigenvalue weighted by Gasteiger charge is 2.00. The number of rotatable bonds is 3. The van der Waals surface area contributed by atoms with Crippen molar-refractivity contribution in [2.45, 2.75) is 6.92 Å². The first kappa shape index (κ1) is 10.4. The van der Waals surface area contributed by atoms with Crippen LogP contribution in [0, 0.1) is 0 Å². The Morgan fingerprint density at radius 3 is 2.43 bits per heavy atom. The maximum absolute atomic E-state index is 4.01. The minimum absolute atomic E-state index is 0.891. The van der Waals surface area contributed by atoms with Gasteiger partial charge in [-0.1, -0.05) is 30.3 Å². The molecule has 0 atom stereocenters. The summed E-state index contributed by atoms with van der Waals surface area (Å²) in [5.74, 6) is 0. The van der Waals surface area contributed by atoms with Gasteiger partial charge >= 0.3 is 0 Å². The summed E-state index contributed by atoms with van der Waals surface area (Å²) in [6.45, 7) is 5.45. The Labute approximate surface area is 84.7 Å². The van der Waals surface area contributed by atoms with Gasteiger partial charge in [0.15, 0.2) is 0 Å². The molecule has 14 heavy (non-hydrogen) atoms. The average molecular weight is 186 g/mol. The number of allylic oxidation sites excluding steroid dienone is 2. The highest BCUT2D eigenvalue weighted by Crippen LogP contribution is 2.16. The van der Waals surface area contributed by atoms with Crippen LogP contribution < -0.4 is 0 Å². The molecule has 0 saturated heterocycles. The quantitative estimate of drug-likeness (QED) is 0.648. The van der Waals surface area contributed by atoms with E-state index < -0.39 is 0 Å². The summed E-state index contributed by atoms with van der Waals surface area (Å²) in [5, 5.41) is 0. The minimum atomic E-state index is 0.891. The third kappa shape index (κ3) is 2.39. The molecule has 0 aromatic heterocycles. The molecule has 0 bridgehead atoms. The number of hydrogen-bond donors (Lipinski definition) is 0. The van der Waals surface area contributed by atoms with Gasteiger partial charge in [0.1, 0.15) is 0 Å². The molecule has 72 valence electrons. The van der Waals surface area contributed by atoms with Gasteiger partial charge in [-0.15, -0.1) is 0 Å². The molecule has 0 N–H and O–H groups in total. The second kappa shape index (κ2) is 5.12. The number of benzene rings is 1. The van der Waals surface area contributed by atoms with E-state index in [0.717, 1.165) is 16.8 Å². The van der Waals surface area contributed by atoms with Crippen LogP contribution in [0.2, 0.25) is 0 Å². The lowest BCUT2D eigenvalue weighted by molar-refractivity contribution is 1.33. The Morgan fingerprint density at radius 2 is 1.93 bits per heavy atom. The summed E-state index contributed by atoms with van der Waals surface area (Å²) in [5.41, 5.74) is 3.02. The van der Waals surface area contributed by atoms with Crippen LogP contribution in [0.1, 0.15) is 12.5 Å². The molecule has 2 nitrogen and oxygen atoms in total. The lowest BCUT2D eigenvalue weighted by Gasteiger charge is -2.03. The molecule has 2 heteroatoms. The van der Waals surface area contributed by atoms with Crippen LogP contribution in [0.25, 0.3) is 5.57 Å². The molecule has 0 spiro atoms.